The summed E-state index contributed by atoms with van der Waals surface area (Å²) in [4.78, 5) is 6.87. The maximum atomic E-state index is 5.51. The molecular weight excluding hydrogens is 240 g/mol. The summed E-state index contributed by atoms with van der Waals surface area (Å²) in [6, 6.07) is 4.59. The lowest BCUT2D eigenvalue weighted by Gasteiger charge is -2.40. The first-order chi connectivity index (χ1) is 9.45. The van der Waals surface area contributed by atoms with Gasteiger partial charge in [0.25, 0.3) is 0 Å². The van der Waals surface area contributed by atoms with E-state index >= 15 is 0 Å². The summed E-state index contributed by atoms with van der Waals surface area (Å²) < 4.78 is 11.0. The molecule has 104 valence electrons. The highest BCUT2D eigenvalue weighted by Gasteiger charge is 2.32. The van der Waals surface area contributed by atoms with Gasteiger partial charge in [0.05, 0.1) is 13.2 Å². The molecule has 0 saturated carbocycles. The topological polar surface area (TPSA) is 34.6 Å². The summed E-state index contributed by atoms with van der Waals surface area (Å²) in [5.74, 6) is 0.413. The summed E-state index contributed by atoms with van der Waals surface area (Å²) >= 11 is 0. The third-order valence-corrected chi connectivity index (χ3v) is 4.09. The maximum Gasteiger partial charge on any atom is 0.146 e. The molecule has 0 bridgehead atoms. The van der Waals surface area contributed by atoms with Gasteiger partial charge in [-0.25, -0.2) is 0 Å². The van der Waals surface area contributed by atoms with Crippen LogP contribution in [0.5, 0.6) is 0 Å². The van der Waals surface area contributed by atoms with Gasteiger partial charge in [0.1, 0.15) is 6.79 Å². The Kier molecular flexibility index (Phi) is 4.43. The molecule has 2 fully saturated rings. The smallest absolute Gasteiger partial charge is 0.146 e. The van der Waals surface area contributed by atoms with Gasteiger partial charge in [-0.15, -0.1) is 0 Å². The van der Waals surface area contributed by atoms with E-state index in [0.717, 1.165) is 13.2 Å². The Morgan fingerprint density at radius 1 is 1.16 bits per heavy atom. The molecule has 0 N–H and O–H groups in total. The Morgan fingerprint density at radius 3 is 2.63 bits per heavy atom. The lowest BCUT2D eigenvalue weighted by molar-refractivity contribution is -0.143. The zero-order valence-corrected chi connectivity index (χ0v) is 11.3. The second kappa shape index (κ2) is 6.46. The fraction of sp³-hybridized carbons (Fsp3) is 0.667. The minimum Gasteiger partial charge on any atom is -0.355 e. The van der Waals surface area contributed by atoms with Gasteiger partial charge in [0.15, 0.2) is 0 Å². The van der Waals surface area contributed by atoms with Crippen molar-refractivity contribution in [2.75, 3.05) is 33.1 Å². The highest BCUT2D eigenvalue weighted by Crippen LogP contribution is 2.32. The molecule has 3 heterocycles. The van der Waals surface area contributed by atoms with Gasteiger partial charge >= 0.3 is 0 Å². The lowest BCUT2D eigenvalue weighted by Crippen LogP contribution is -2.42. The summed E-state index contributed by atoms with van der Waals surface area (Å²) in [6.07, 6.45) is 7.78. The molecule has 4 heteroatoms. The van der Waals surface area contributed by atoms with Gasteiger partial charge in [-0.05, 0) is 37.6 Å². The average Bonchev–Trinajstić information content (AvgIpc) is 2.51. The third kappa shape index (κ3) is 3.14. The molecule has 1 aromatic heterocycles. The van der Waals surface area contributed by atoms with Crippen molar-refractivity contribution in [1.82, 2.24) is 9.88 Å². The molecule has 0 spiro atoms. The lowest BCUT2D eigenvalue weighted by atomic mass is 9.91. The quantitative estimate of drug-likeness (QED) is 0.836. The van der Waals surface area contributed by atoms with Crippen LogP contribution in [0.2, 0.25) is 0 Å². The predicted octanol–water partition coefficient (Wildman–Crippen LogP) is 2.23. The van der Waals surface area contributed by atoms with Gasteiger partial charge in [-0.2, -0.15) is 0 Å². The van der Waals surface area contributed by atoms with E-state index in [1.54, 1.807) is 0 Å². The molecule has 3 rings (SSSR count). The van der Waals surface area contributed by atoms with Crippen molar-refractivity contribution >= 4 is 0 Å². The Morgan fingerprint density at radius 2 is 1.95 bits per heavy atom. The van der Waals surface area contributed by atoms with E-state index in [9.17, 15) is 0 Å². The number of hydrogen-bond acceptors (Lipinski definition) is 4. The third-order valence-electron chi connectivity index (χ3n) is 4.09. The van der Waals surface area contributed by atoms with Crippen LogP contribution in [-0.4, -0.2) is 43.0 Å². The molecular formula is C15H22N2O2. The fourth-order valence-electron chi connectivity index (χ4n) is 3.22. The molecule has 0 radical (unpaired) electrons. The molecule has 2 aliphatic rings. The van der Waals surface area contributed by atoms with Crippen LogP contribution in [0, 0.1) is 5.92 Å². The van der Waals surface area contributed by atoms with Crippen LogP contribution in [0.3, 0.4) is 0 Å². The first-order valence-corrected chi connectivity index (χ1v) is 7.24. The van der Waals surface area contributed by atoms with Crippen molar-refractivity contribution < 1.29 is 9.47 Å². The fourth-order valence-corrected chi connectivity index (χ4v) is 3.22. The average molecular weight is 262 g/mol. The highest BCUT2D eigenvalue weighted by atomic mass is 16.7. The second-order valence-corrected chi connectivity index (χ2v) is 5.45. The highest BCUT2D eigenvalue weighted by molar-refractivity contribution is 5.16. The van der Waals surface area contributed by atoms with Crippen LogP contribution >= 0.6 is 0 Å². The van der Waals surface area contributed by atoms with Crippen molar-refractivity contribution in [3.63, 3.8) is 0 Å². The molecule has 2 saturated heterocycles. The first kappa shape index (κ1) is 13.0. The molecule has 1 unspecified atom stereocenters. The molecule has 0 aromatic carbocycles. The summed E-state index contributed by atoms with van der Waals surface area (Å²) in [7, 11) is 0. The van der Waals surface area contributed by atoms with Crippen molar-refractivity contribution in [1.29, 1.82) is 0 Å². The molecule has 1 aromatic rings. The maximum absolute atomic E-state index is 5.51. The number of nitrogens with zero attached hydrogens (tertiary/aromatic N) is 2. The largest absolute Gasteiger partial charge is 0.355 e. The number of ether oxygens (including phenoxy) is 2. The molecule has 1 atom stereocenters. The summed E-state index contributed by atoms with van der Waals surface area (Å²) in [5, 5.41) is 0. The van der Waals surface area contributed by atoms with Gasteiger partial charge in [-0.3, -0.25) is 9.88 Å². The van der Waals surface area contributed by atoms with E-state index in [1.165, 1.54) is 37.9 Å². The SMILES string of the molecule is c1cncc(C(C2COCOC2)N2CCCCC2)c1. The van der Waals surface area contributed by atoms with Gasteiger partial charge in [0, 0.05) is 24.4 Å². The minimum atomic E-state index is 0.384. The Balaban J connectivity index is 1.81. The van der Waals surface area contributed by atoms with Crippen molar-refractivity contribution in [3.05, 3.63) is 30.1 Å². The standard InChI is InChI=1S/C15H22N2O2/c1-2-7-17(8-3-1)15(13-5-4-6-16-9-13)14-10-18-12-19-11-14/h4-6,9,14-15H,1-3,7-8,10-12H2. The van der Waals surface area contributed by atoms with Crippen LogP contribution in [0.1, 0.15) is 30.9 Å². The van der Waals surface area contributed by atoms with Gasteiger partial charge < -0.3 is 9.47 Å². The van der Waals surface area contributed by atoms with E-state index in [4.69, 9.17) is 9.47 Å². The zero-order valence-electron chi connectivity index (χ0n) is 11.3. The van der Waals surface area contributed by atoms with E-state index in [1.807, 2.05) is 18.5 Å². The second-order valence-electron chi connectivity index (χ2n) is 5.45. The number of rotatable bonds is 3. The van der Waals surface area contributed by atoms with Crippen LogP contribution in [0.4, 0.5) is 0 Å². The normalized spacial score (nSPS) is 24.2. The van der Waals surface area contributed by atoms with Crippen molar-refractivity contribution in [2.45, 2.75) is 25.3 Å². The number of piperidine rings is 1. The minimum absolute atomic E-state index is 0.384. The molecule has 4 nitrogen and oxygen atoms in total. The number of aromatic nitrogens is 1. The molecule has 19 heavy (non-hydrogen) atoms. The summed E-state index contributed by atoms with van der Waals surface area (Å²) in [5.41, 5.74) is 1.29. The predicted molar refractivity (Wildman–Crippen MR) is 72.7 cm³/mol. The van der Waals surface area contributed by atoms with Crippen LogP contribution in [0.15, 0.2) is 24.5 Å². The van der Waals surface area contributed by atoms with Crippen LogP contribution in [0.25, 0.3) is 0 Å². The van der Waals surface area contributed by atoms with Crippen molar-refractivity contribution in [2.24, 2.45) is 5.92 Å². The number of hydrogen-bond donors (Lipinski definition) is 0. The molecule has 0 amide bonds. The van der Waals surface area contributed by atoms with Crippen LogP contribution < -0.4 is 0 Å². The van der Waals surface area contributed by atoms with Crippen molar-refractivity contribution in [3.8, 4) is 0 Å². The van der Waals surface area contributed by atoms with E-state index in [0.29, 0.717) is 18.8 Å². The van der Waals surface area contributed by atoms with Crippen LogP contribution in [-0.2, 0) is 9.47 Å². The van der Waals surface area contributed by atoms with E-state index in [-0.39, 0.29) is 0 Å². The van der Waals surface area contributed by atoms with E-state index < -0.39 is 0 Å². The summed E-state index contributed by atoms with van der Waals surface area (Å²) in [6.45, 7) is 4.37. The van der Waals surface area contributed by atoms with E-state index in [2.05, 4.69) is 16.0 Å². The Hall–Kier alpha value is -0.970. The van der Waals surface area contributed by atoms with Gasteiger partial charge in [-0.1, -0.05) is 12.5 Å². The Bertz CT molecular complexity index is 355. The number of likely N-dealkylation sites (tertiary alicyclic amines) is 1. The molecule has 2 aliphatic heterocycles. The molecule has 0 aliphatic carbocycles. The first-order valence-electron chi connectivity index (χ1n) is 7.24. The van der Waals surface area contributed by atoms with Gasteiger partial charge in [0.2, 0.25) is 0 Å². The zero-order chi connectivity index (χ0) is 12.9. The number of pyridine rings is 1. The monoisotopic (exact) mass is 262 g/mol. The Labute approximate surface area is 114 Å².